The number of carbonyl (C=O) groups is 1. The van der Waals surface area contributed by atoms with Crippen LogP contribution in [-0.4, -0.2) is 49.2 Å². The first-order chi connectivity index (χ1) is 12.1. The van der Waals surface area contributed by atoms with E-state index in [-0.39, 0.29) is 17.8 Å². The van der Waals surface area contributed by atoms with Gasteiger partial charge in [0.05, 0.1) is 24.8 Å². The molecule has 2 aliphatic rings. The number of nitrogens with one attached hydrogen (secondary N) is 1. The number of nitrogens with zero attached hydrogens (tertiary/aromatic N) is 1. The first kappa shape index (κ1) is 18.3. The number of ether oxygens (including phenoxy) is 1. The second-order valence-electron chi connectivity index (χ2n) is 7.15. The Labute approximate surface area is 148 Å². The van der Waals surface area contributed by atoms with Crippen molar-refractivity contribution >= 4 is 5.91 Å². The maximum atomic E-state index is 13.7. The predicted molar refractivity (Wildman–Crippen MR) is 94.5 cm³/mol. The summed E-state index contributed by atoms with van der Waals surface area (Å²) in [6.07, 6.45) is 4.62. The second-order valence-corrected chi connectivity index (χ2v) is 7.15. The van der Waals surface area contributed by atoms with Crippen LogP contribution < -0.4 is 11.1 Å². The molecule has 0 aromatic heterocycles. The molecule has 1 unspecified atom stereocenters. The van der Waals surface area contributed by atoms with Gasteiger partial charge >= 0.3 is 0 Å². The van der Waals surface area contributed by atoms with Gasteiger partial charge in [-0.2, -0.15) is 0 Å². The number of hydrogen-bond acceptors (Lipinski definition) is 4. The fourth-order valence-corrected chi connectivity index (χ4v) is 3.84. The Balaban J connectivity index is 1.70. The van der Waals surface area contributed by atoms with E-state index >= 15 is 0 Å². The van der Waals surface area contributed by atoms with Crippen LogP contribution in [0, 0.1) is 5.82 Å². The van der Waals surface area contributed by atoms with Gasteiger partial charge in [-0.25, -0.2) is 4.39 Å². The predicted octanol–water partition coefficient (Wildman–Crippen LogP) is 1.98. The quantitative estimate of drug-likeness (QED) is 0.853. The van der Waals surface area contributed by atoms with Crippen molar-refractivity contribution in [2.75, 3.05) is 32.8 Å². The van der Waals surface area contributed by atoms with Crippen molar-refractivity contribution < 1.29 is 13.9 Å². The maximum absolute atomic E-state index is 13.7. The lowest BCUT2D eigenvalue weighted by Crippen LogP contribution is -2.56. The minimum Gasteiger partial charge on any atom is -0.379 e. The molecular formula is C19H28FN3O2. The molecule has 0 radical (unpaired) electrons. The van der Waals surface area contributed by atoms with Gasteiger partial charge in [-0.3, -0.25) is 9.69 Å². The van der Waals surface area contributed by atoms with Crippen molar-refractivity contribution in [3.8, 4) is 0 Å². The summed E-state index contributed by atoms with van der Waals surface area (Å²) in [6.45, 7) is 3.28. The van der Waals surface area contributed by atoms with Gasteiger partial charge in [-0.15, -0.1) is 0 Å². The summed E-state index contributed by atoms with van der Waals surface area (Å²) in [5.41, 5.74) is 6.44. The lowest BCUT2D eigenvalue weighted by Gasteiger charge is -2.36. The molecule has 138 valence electrons. The third-order valence-electron chi connectivity index (χ3n) is 5.37. The largest absolute Gasteiger partial charge is 0.379 e. The number of nitrogens with two attached hydrogens (primary N) is 1. The summed E-state index contributed by atoms with van der Waals surface area (Å²) < 4.78 is 19.1. The van der Waals surface area contributed by atoms with Crippen LogP contribution in [0.1, 0.15) is 43.7 Å². The molecule has 1 atom stereocenters. The average Bonchev–Trinajstić information content (AvgIpc) is 2.63. The van der Waals surface area contributed by atoms with E-state index in [0.717, 1.165) is 50.8 Å². The summed E-state index contributed by atoms with van der Waals surface area (Å²) in [6, 6.07) is 6.54. The molecule has 0 bridgehead atoms. The van der Waals surface area contributed by atoms with Gasteiger partial charge in [0.15, 0.2) is 0 Å². The Morgan fingerprint density at radius 3 is 2.68 bits per heavy atom. The van der Waals surface area contributed by atoms with Gasteiger partial charge in [0.2, 0.25) is 5.91 Å². The molecule has 0 spiro atoms. The Bertz CT molecular complexity index is 584. The Morgan fingerprint density at radius 2 is 2.00 bits per heavy atom. The van der Waals surface area contributed by atoms with Crippen molar-refractivity contribution in [2.45, 2.75) is 43.7 Å². The maximum Gasteiger partial charge on any atom is 0.240 e. The highest BCUT2D eigenvalue weighted by Crippen LogP contribution is 2.27. The number of halogens is 1. The van der Waals surface area contributed by atoms with Gasteiger partial charge in [0.25, 0.3) is 0 Å². The normalized spacial score (nSPS) is 22.3. The van der Waals surface area contributed by atoms with Crippen molar-refractivity contribution in [1.29, 1.82) is 0 Å². The molecule has 3 rings (SSSR count). The molecule has 1 heterocycles. The van der Waals surface area contributed by atoms with Crippen LogP contribution in [0.5, 0.6) is 0 Å². The Morgan fingerprint density at radius 1 is 1.28 bits per heavy atom. The molecule has 5 nitrogen and oxygen atoms in total. The topological polar surface area (TPSA) is 67.6 Å². The van der Waals surface area contributed by atoms with Crippen molar-refractivity contribution in [3.63, 3.8) is 0 Å². The molecule has 1 aliphatic heterocycles. The number of carbonyl (C=O) groups excluding carboxylic acids is 1. The minimum atomic E-state index is -0.754. The van der Waals surface area contributed by atoms with Crippen LogP contribution in [0.25, 0.3) is 0 Å². The molecule has 1 aromatic carbocycles. The van der Waals surface area contributed by atoms with Crippen molar-refractivity contribution in [3.05, 3.63) is 35.6 Å². The van der Waals surface area contributed by atoms with Crippen LogP contribution in [0.4, 0.5) is 4.39 Å². The fourth-order valence-electron chi connectivity index (χ4n) is 3.84. The molecule has 1 aromatic rings. The SMILES string of the molecule is NC1(C(=O)NCC(c2cccc(F)c2)N2CCOCC2)CCCCC1. The highest BCUT2D eigenvalue weighted by molar-refractivity contribution is 5.86. The van der Waals surface area contributed by atoms with E-state index in [4.69, 9.17) is 10.5 Å². The molecule has 1 amide bonds. The van der Waals surface area contributed by atoms with Gasteiger partial charge < -0.3 is 15.8 Å². The zero-order valence-corrected chi connectivity index (χ0v) is 14.7. The fraction of sp³-hybridized carbons (Fsp3) is 0.632. The van der Waals surface area contributed by atoms with E-state index in [2.05, 4.69) is 10.2 Å². The van der Waals surface area contributed by atoms with Gasteiger partial charge in [0.1, 0.15) is 5.82 Å². The van der Waals surface area contributed by atoms with Gasteiger partial charge in [0, 0.05) is 19.6 Å². The van der Waals surface area contributed by atoms with Crippen LogP contribution in [-0.2, 0) is 9.53 Å². The highest BCUT2D eigenvalue weighted by Gasteiger charge is 2.35. The molecule has 25 heavy (non-hydrogen) atoms. The third kappa shape index (κ3) is 4.57. The average molecular weight is 349 g/mol. The zero-order valence-electron chi connectivity index (χ0n) is 14.7. The van der Waals surface area contributed by atoms with Crippen LogP contribution >= 0.6 is 0 Å². The van der Waals surface area contributed by atoms with E-state index in [1.54, 1.807) is 12.1 Å². The number of morpholine rings is 1. The highest BCUT2D eigenvalue weighted by atomic mass is 19.1. The van der Waals surface area contributed by atoms with Crippen LogP contribution in [0.15, 0.2) is 24.3 Å². The molecule has 6 heteroatoms. The van der Waals surface area contributed by atoms with E-state index in [9.17, 15) is 9.18 Å². The van der Waals surface area contributed by atoms with Crippen molar-refractivity contribution in [1.82, 2.24) is 10.2 Å². The smallest absolute Gasteiger partial charge is 0.240 e. The second kappa shape index (κ2) is 8.25. The number of amides is 1. The van der Waals surface area contributed by atoms with Crippen LogP contribution in [0.3, 0.4) is 0 Å². The summed E-state index contributed by atoms with van der Waals surface area (Å²) in [5, 5.41) is 3.04. The van der Waals surface area contributed by atoms with Gasteiger partial charge in [-0.1, -0.05) is 31.4 Å². The van der Waals surface area contributed by atoms with Crippen molar-refractivity contribution in [2.24, 2.45) is 5.73 Å². The summed E-state index contributed by atoms with van der Waals surface area (Å²) in [5.74, 6) is -0.341. The number of benzene rings is 1. The Kier molecular flexibility index (Phi) is 6.04. The van der Waals surface area contributed by atoms with Gasteiger partial charge in [-0.05, 0) is 30.5 Å². The van der Waals surface area contributed by atoms with E-state index in [0.29, 0.717) is 19.8 Å². The summed E-state index contributed by atoms with van der Waals surface area (Å²) >= 11 is 0. The number of rotatable bonds is 5. The monoisotopic (exact) mass is 349 g/mol. The first-order valence-corrected chi connectivity index (χ1v) is 9.23. The molecule has 3 N–H and O–H groups in total. The molecule has 1 aliphatic carbocycles. The minimum absolute atomic E-state index is 0.0734. The van der Waals surface area contributed by atoms with Crippen LogP contribution in [0.2, 0.25) is 0 Å². The molecule has 1 saturated carbocycles. The molecule has 1 saturated heterocycles. The number of hydrogen-bond donors (Lipinski definition) is 2. The van der Waals surface area contributed by atoms with E-state index < -0.39 is 5.54 Å². The summed E-state index contributed by atoms with van der Waals surface area (Å²) in [7, 11) is 0. The van der Waals surface area contributed by atoms with E-state index in [1.165, 1.54) is 6.07 Å². The Hall–Kier alpha value is -1.50. The summed E-state index contributed by atoms with van der Waals surface area (Å²) in [4.78, 5) is 14.9. The standard InChI is InChI=1S/C19H28FN3O2/c20-16-6-4-5-15(13-16)17(23-9-11-25-12-10-23)14-22-18(24)19(21)7-2-1-3-8-19/h4-6,13,17H,1-3,7-12,14,21H2,(H,22,24). The first-order valence-electron chi connectivity index (χ1n) is 9.23. The lowest BCUT2D eigenvalue weighted by molar-refractivity contribution is -0.127. The zero-order chi connectivity index (χ0) is 17.7. The third-order valence-corrected chi connectivity index (χ3v) is 5.37. The van der Waals surface area contributed by atoms with E-state index in [1.807, 2.05) is 6.07 Å². The lowest BCUT2D eigenvalue weighted by atomic mass is 9.82. The molecular weight excluding hydrogens is 321 g/mol. The molecule has 2 fully saturated rings.